The van der Waals surface area contributed by atoms with Gasteiger partial charge in [-0.1, -0.05) is 6.07 Å². The van der Waals surface area contributed by atoms with Crippen LogP contribution in [-0.2, 0) is 10.9 Å². The Hall–Kier alpha value is -3.23. The highest BCUT2D eigenvalue weighted by Crippen LogP contribution is 2.45. The average molecular weight is 422 g/mol. The Morgan fingerprint density at radius 2 is 1.93 bits per heavy atom. The monoisotopic (exact) mass is 422 g/mol. The molecule has 0 saturated carbocycles. The molecule has 9 heteroatoms. The number of pyridine rings is 1. The molecule has 30 heavy (non-hydrogen) atoms. The van der Waals surface area contributed by atoms with E-state index in [0.29, 0.717) is 0 Å². The van der Waals surface area contributed by atoms with E-state index in [4.69, 9.17) is 9.47 Å². The Morgan fingerprint density at radius 1 is 1.23 bits per heavy atom. The maximum atomic E-state index is 13.6. The highest BCUT2D eigenvalue weighted by Gasteiger charge is 2.41. The summed E-state index contributed by atoms with van der Waals surface area (Å²) >= 11 is 0. The molecule has 6 nitrogen and oxygen atoms in total. The summed E-state index contributed by atoms with van der Waals surface area (Å²) in [6, 6.07) is 6.53. The molecule has 1 aromatic heterocycles. The first-order valence-electron chi connectivity index (χ1n) is 9.24. The van der Waals surface area contributed by atoms with Crippen LogP contribution < -0.4 is 15.6 Å². The van der Waals surface area contributed by atoms with Crippen LogP contribution in [0.1, 0.15) is 37.5 Å². The van der Waals surface area contributed by atoms with Crippen molar-refractivity contribution in [2.75, 3.05) is 6.61 Å². The van der Waals surface area contributed by atoms with Crippen molar-refractivity contribution in [3.63, 3.8) is 0 Å². The van der Waals surface area contributed by atoms with Gasteiger partial charge in [0, 0.05) is 17.8 Å². The zero-order chi connectivity index (χ0) is 22.3. The molecule has 3 rings (SSSR count). The highest BCUT2D eigenvalue weighted by atomic mass is 19.4. The van der Waals surface area contributed by atoms with E-state index in [1.807, 2.05) is 0 Å². The van der Waals surface area contributed by atoms with Crippen LogP contribution in [0.25, 0.3) is 5.70 Å². The summed E-state index contributed by atoms with van der Waals surface area (Å²) in [7, 11) is 0. The number of carbonyl (C=O) groups excluding carboxylic acids is 1. The molecule has 0 radical (unpaired) electrons. The number of aromatic nitrogens is 1. The summed E-state index contributed by atoms with van der Waals surface area (Å²) in [5.74, 6) is 0.172. The molecule has 0 unspecified atom stereocenters. The third-order valence-electron chi connectivity index (χ3n) is 4.74. The van der Waals surface area contributed by atoms with Crippen molar-refractivity contribution in [1.82, 2.24) is 9.88 Å². The van der Waals surface area contributed by atoms with Crippen molar-refractivity contribution in [1.29, 1.82) is 0 Å². The molecular weight excluding hydrogens is 401 g/mol. The normalized spacial score (nSPS) is 15.3. The topological polar surface area (TPSA) is 69.6 Å². The lowest BCUT2D eigenvalue weighted by Gasteiger charge is -2.38. The molecule has 160 valence electrons. The summed E-state index contributed by atoms with van der Waals surface area (Å²) in [5.41, 5.74) is -2.34. The lowest BCUT2D eigenvalue weighted by molar-refractivity contribution is -0.138. The molecule has 1 aliphatic heterocycles. The number of nitrogens with zero attached hydrogens (tertiary/aromatic N) is 1. The van der Waals surface area contributed by atoms with E-state index in [-0.39, 0.29) is 34.9 Å². The third kappa shape index (κ3) is 3.79. The van der Waals surface area contributed by atoms with Crippen molar-refractivity contribution in [3.05, 3.63) is 69.3 Å². The lowest BCUT2D eigenvalue weighted by Crippen LogP contribution is -2.45. The van der Waals surface area contributed by atoms with Gasteiger partial charge in [0.15, 0.2) is 0 Å². The van der Waals surface area contributed by atoms with Crippen molar-refractivity contribution in [2.24, 2.45) is 0 Å². The number of benzene rings is 1. The molecule has 1 amide bonds. The number of nitrogens with one attached hydrogen (secondary N) is 1. The van der Waals surface area contributed by atoms with Crippen molar-refractivity contribution < 1.29 is 27.4 Å². The van der Waals surface area contributed by atoms with E-state index in [2.05, 4.69) is 5.32 Å². The summed E-state index contributed by atoms with van der Waals surface area (Å²) < 4.78 is 52.8. The fraction of sp³-hybridized carbons (Fsp3) is 0.333. The molecule has 0 atom stereocenters. The van der Waals surface area contributed by atoms with Gasteiger partial charge in [-0.25, -0.2) is 4.79 Å². The summed E-state index contributed by atoms with van der Waals surface area (Å²) in [5, 5.41) is 2.56. The maximum absolute atomic E-state index is 13.6. The molecule has 0 aliphatic carbocycles. The molecule has 1 N–H and O–H groups in total. The first kappa shape index (κ1) is 21.5. The zero-order valence-corrected chi connectivity index (χ0v) is 16.9. The minimum Gasteiger partial charge on any atom is -0.481 e. The molecule has 0 fully saturated rings. The van der Waals surface area contributed by atoms with Crippen molar-refractivity contribution >= 4 is 11.8 Å². The van der Waals surface area contributed by atoms with Crippen LogP contribution in [0, 0.1) is 6.92 Å². The highest BCUT2D eigenvalue weighted by molar-refractivity contribution is 5.83. The van der Waals surface area contributed by atoms with E-state index in [1.54, 1.807) is 26.8 Å². The van der Waals surface area contributed by atoms with Gasteiger partial charge < -0.3 is 9.47 Å². The molecule has 2 heterocycles. The number of amides is 1. The quantitative estimate of drug-likeness (QED) is 0.800. The first-order chi connectivity index (χ1) is 14.0. The van der Waals surface area contributed by atoms with Crippen LogP contribution in [0.2, 0.25) is 0 Å². The summed E-state index contributed by atoms with van der Waals surface area (Å²) in [4.78, 5) is 24.8. The number of rotatable bonds is 3. The van der Waals surface area contributed by atoms with Gasteiger partial charge in [-0.15, -0.1) is 0 Å². The minimum atomic E-state index is -4.60. The van der Waals surface area contributed by atoms with Crippen LogP contribution in [0.5, 0.6) is 5.75 Å². The van der Waals surface area contributed by atoms with Gasteiger partial charge in [0.2, 0.25) is 0 Å². The standard InChI is InChI=1S/C21H21F3N2O4/c1-5-29-19(28)25-18-17(26-11-7-6-8-15(26)27)16-12(2)13(21(22,23)24)9-10-14(16)30-20(18,3)4/h6-11H,5H2,1-4H3,(H,25,28). The number of alkyl carbamates (subject to hydrolysis) is 1. The molecule has 0 bridgehead atoms. The largest absolute Gasteiger partial charge is 0.481 e. The first-order valence-corrected chi connectivity index (χ1v) is 9.24. The van der Waals surface area contributed by atoms with Gasteiger partial charge in [-0.2, -0.15) is 13.2 Å². The molecule has 0 saturated heterocycles. The Bertz CT molecular complexity index is 1080. The second-order valence-corrected chi connectivity index (χ2v) is 7.20. The fourth-order valence-electron chi connectivity index (χ4n) is 3.44. The van der Waals surface area contributed by atoms with Crippen LogP contribution in [0.15, 0.2) is 47.0 Å². The minimum absolute atomic E-state index is 0.0734. The Balaban J connectivity index is 2.41. The number of halogens is 3. The van der Waals surface area contributed by atoms with Gasteiger partial charge in [0.25, 0.3) is 5.56 Å². The van der Waals surface area contributed by atoms with Crippen molar-refractivity contribution in [2.45, 2.75) is 39.5 Å². The second-order valence-electron chi connectivity index (χ2n) is 7.20. The molecular formula is C21H21F3N2O4. The zero-order valence-electron chi connectivity index (χ0n) is 16.9. The third-order valence-corrected chi connectivity index (χ3v) is 4.74. The van der Waals surface area contributed by atoms with E-state index < -0.39 is 29.0 Å². The number of carbonyl (C=O) groups is 1. The lowest BCUT2D eigenvalue weighted by atomic mass is 9.90. The summed E-state index contributed by atoms with van der Waals surface area (Å²) in [6.07, 6.45) is -3.98. The fourth-order valence-corrected chi connectivity index (χ4v) is 3.44. The van der Waals surface area contributed by atoms with E-state index in [1.165, 1.54) is 35.9 Å². The van der Waals surface area contributed by atoms with Crippen LogP contribution in [0.3, 0.4) is 0 Å². The second kappa shape index (κ2) is 7.55. The smallest absolute Gasteiger partial charge is 0.416 e. The molecule has 1 aromatic carbocycles. The van der Waals surface area contributed by atoms with E-state index in [9.17, 15) is 22.8 Å². The Morgan fingerprint density at radius 3 is 2.53 bits per heavy atom. The predicted molar refractivity (Wildman–Crippen MR) is 104 cm³/mol. The molecule has 2 aromatic rings. The Kier molecular flexibility index (Phi) is 5.40. The molecule has 1 aliphatic rings. The number of ether oxygens (including phenoxy) is 2. The van der Waals surface area contributed by atoms with Gasteiger partial charge in [0.1, 0.15) is 11.4 Å². The van der Waals surface area contributed by atoms with Crippen molar-refractivity contribution in [3.8, 4) is 5.75 Å². The SMILES string of the molecule is CCOC(=O)NC1=C(n2ccccc2=O)c2c(ccc(C(F)(F)F)c2C)OC1(C)C. The van der Waals surface area contributed by atoms with Gasteiger partial charge in [-0.05, 0) is 51.5 Å². The number of hydrogen-bond donors (Lipinski definition) is 1. The number of hydrogen-bond acceptors (Lipinski definition) is 4. The van der Waals surface area contributed by atoms with Crippen LogP contribution in [-0.4, -0.2) is 22.9 Å². The van der Waals surface area contributed by atoms with Gasteiger partial charge in [0.05, 0.1) is 23.6 Å². The van der Waals surface area contributed by atoms with Crippen LogP contribution in [0.4, 0.5) is 18.0 Å². The van der Waals surface area contributed by atoms with E-state index >= 15 is 0 Å². The predicted octanol–water partition coefficient (Wildman–Crippen LogP) is 4.31. The maximum Gasteiger partial charge on any atom is 0.416 e. The van der Waals surface area contributed by atoms with Crippen LogP contribution >= 0.6 is 0 Å². The summed E-state index contributed by atoms with van der Waals surface area (Å²) in [6.45, 7) is 6.29. The Labute approximate surface area is 170 Å². The van der Waals surface area contributed by atoms with E-state index in [0.717, 1.165) is 6.07 Å². The average Bonchev–Trinajstić information content (AvgIpc) is 2.62. The van der Waals surface area contributed by atoms with Gasteiger partial charge >= 0.3 is 12.3 Å². The van der Waals surface area contributed by atoms with Gasteiger partial charge in [-0.3, -0.25) is 14.7 Å². The molecule has 0 spiro atoms. The number of alkyl halides is 3. The number of fused-ring (bicyclic) bond motifs is 1.